The molecular weight excluding hydrogens is 338 g/mol. The molecule has 1 fully saturated rings. The zero-order valence-electron chi connectivity index (χ0n) is 10.7. The molecule has 108 valence electrons. The second kappa shape index (κ2) is 5.17. The highest BCUT2D eigenvalue weighted by Crippen LogP contribution is 2.33. The highest BCUT2D eigenvalue weighted by atomic mass is 79.9. The van der Waals surface area contributed by atoms with Gasteiger partial charge in [-0.3, -0.25) is 0 Å². The number of halogens is 1. The predicted molar refractivity (Wildman–Crippen MR) is 71.1 cm³/mol. The number of aliphatic hydroxyl groups is 1. The zero-order chi connectivity index (χ0) is 14.3. The molecular formula is C11H16BrNO5S. The van der Waals surface area contributed by atoms with Gasteiger partial charge in [-0.2, -0.15) is 4.31 Å². The van der Waals surface area contributed by atoms with Crippen LogP contribution in [0.2, 0.25) is 0 Å². The third-order valence-electron chi connectivity index (χ3n) is 3.00. The summed E-state index contributed by atoms with van der Waals surface area (Å²) >= 11 is 3.08. The molecule has 2 heterocycles. The number of rotatable bonds is 3. The molecule has 0 unspecified atom stereocenters. The largest absolute Gasteiger partial charge is 0.450 e. The first kappa shape index (κ1) is 15.0. The minimum absolute atomic E-state index is 0.0338. The maximum atomic E-state index is 12.7. The Hall–Kier alpha value is -0.410. The van der Waals surface area contributed by atoms with Crippen molar-refractivity contribution >= 4 is 26.0 Å². The molecule has 1 N–H and O–H groups in total. The van der Waals surface area contributed by atoms with Crippen LogP contribution in [0.1, 0.15) is 19.6 Å². The molecule has 1 saturated heterocycles. The number of ether oxygens (including phenoxy) is 1. The fraction of sp³-hybridized carbons (Fsp3) is 0.636. The lowest BCUT2D eigenvalue weighted by Crippen LogP contribution is -2.55. The van der Waals surface area contributed by atoms with Gasteiger partial charge in [-0.05, 0) is 29.8 Å². The molecule has 0 bridgehead atoms. The van der Waals surface area contributed by atoms with Gasteiger partial charge in [-0.1, -0.05) is 0 Å². The number of aliphatic hydroxyl groups excluding tert-OH is 1. The molecule has 0 radical (unpaired) electrons. The van der Waals surface area contributed by atoms with Crippen LogP contribution in [-0.2, 0) is 21.4 Å². The summed E-state index contributed by atoms with van der Waals surface area (Å²) in [6.07, 6.45) is 0. The Morgan fingerprint density at radius 1 is 1.53 bits per heavy atom. The Bertz CT molecular complexity index is 566. The van der Waals surface area contributed by atoms with Crippen molar-refractivity contribution in [2.24, 2.45) is 0 Å². The molecule has 6 nitrogen and oxygen atoms in total. The molecule has 8 heteroatoms. The summed E-state index contributed by atoms with van der Waals surface area (Å²) in [4.78, 5) is 0.0338. The van der Waals surface area contributed by atoms with Gasteiger partial charge in [-0.15, -0.1) is 0 Å². The maximum Gasteiger partial charge on any atom is 0.248 e. The van der Waals surface area contributed by atoms with Crippen molar-refractivity contribution in [3.05, 3.63) is 16.5 Å². The molecule has 1 aliphatic heterocycles. The lowest BCUT2D eigenvalue weighted by atomic mass is 10.1. The third kappa shape index (κ3) is 2.73. The Kier molecular flexibility index (Phi) is 4.08. The first-order valence-electron chi connectivity index (χ1n) is 5.79. The Balaban J connectivity index is 2.43. The summed E-state index contributed by atoms with van der Waals surface area (Å²) in [5.41, 5.74) is -0.618. The van der Waals surface area contributed by atoms with Crippen molar-refractivity contribution in [3.8, 4) is 0 Å². The molecule has 0 amide bonds. The Morgan fingerprint density at radius 2 is 2.21 bits per heavy atom. The van der Waals surface area contributed by atoms with E-state index in [4.69, 9.17) is 14.3 Å². The SMILES string of the molecule is CC1(C)COCCN1S(=O)(=O)c1cc(CO)oc1Br. The number of hydrogen-bond acceptors (Lipinski definition) is 5. The van der Waals surface area contributed by atoms with E-state index in [1.807, 2.05) is 13.8 Å². The molecule has 1 aromatic heterocycles. The smallest absolute Gasteiger partial charge is 0.248 e. The van der Waals surface area contributed by atoms with Gasteiger partial charge in [0.15, 0.2) is 4.67 Å². The fourth-order valence-electron chi connectivity index (χ4n) is 2.06. The molecule has 0 saturated carbocycles. The first-order valence-corrected chi connectivity index (χ1v) is 8.02. The van der Waals surface area contributed by atoms with E-state index in [1.54, 1.807) is 0 Å². The second-order valence-corrected chi connectivity index (χ2v) is 7.50. The van der Waals surface area contributed by atoms with Gasteiger partial charge in [0.2, 0.25) is 10.0 Å². The predicted octanol–water partition coefficient (Wildman–Crippen LogP) is 1.33. The van der Waals surface area contributed by atoms with Crippen LogP contribution in [-0.4, -0.2) is 43.1 Å². The van der Waals surface area contributed by atoms with E-state index < -0.39 is 15.6 Å². The molecule has 1 aromatic rings. The van der Waals surface area contributed by atoms with E-state index >= 15 is 0 Å². The van der Waals surface area contributed by atoms with E-state index in [0.29, 0.717) is 19.8 Å². The molecule has 1 aliphatic rings. The third-order valence-corrected chi connectivity index (χ3v) is 5.97. The van der Waals surface area contributed by atoms with E-state index in [1.165, 1.54) is 10.4 Å². The average molecular weight is 354 g/mol. The van der Waals surface area contributed by atoms with Crippen LogP contribution in [0.4, 0.5) is 0 Å². The summed E-state index contributed by atoms with van der Waals surface area (Å²) in [6, 6.07) is 1.34. The first-order chi connectivity index (χ1) is 8.79. The topological polar surface area (TPSA) is 80.0 Å². The normalized spacial score (nSPS) is 20.6. The van der Waals surface area contributed by atoms with Gasteiger partial charge < -0.3 is 14.3 Å². The van der Waals surface area contributed by atoms with Gasteiger partial charge >= 0.3 is 0 Å². The van der Waals surface area contributed by atoms with Crippen LogP contribution in [0.3, 0.4) is 0 Å². The summed E-state index contributed by atoms with van der Waals surface area (Å²) in [5, 5.41) is 9.01. The number of sulfonamides is 1. The highest BCUT2D eigenvalue weighted by molar-refractivity contribution is 9.10. The highest BCUT2D eigenvalue weighted by Gasteiger charge is 2.41. The van der Waals surface area contributed by atoms with Crippen molar-refractivity contribution in [2.75, 3.05) is 19.8 Å². The standard InChI is InChI=1S/C11H16BrNO5S/c1-11(2)7-17-4-3-13(11)19(15,16)9-5-8(6-14)18-10(9)12/h5,14H,3-4,6-7H2,1-2H3. The zero-order valence-corrected chi connectivity index (χ0v) is 13.1. The molecule has 19 heavy (non-hydrogen) atoms. The summed E-state index contributed by atoms with van der Waals surface area (Å²) in [5.74, 6) is 0.205. The van der Waals surface area contributed by atoms with E-state index in [-0.39, 0.29) is 21.9 Å². The van der Waals surface area contributed by atoms with Crippen LogP contribution in [0, 0.1) is 0 Å². The van der Waals surface area contributed by atoms with Crippen LogP contribution < -0.4 is 0 Å². The lowest BCUT2D eigenvalue weighted by molar-refractivity contribution is -0.00774. The molecule has 0 aromatic carbocycles. The summed E-state index contributed by atoms with van der Waals surface area (Å²) in [7, 11) is -3.69. The molecule has 0 atom stereocenters. The molecule has 0 aliphatic carbocycles. The van der Waals surface area contributed by atoms with Gasteiger partial charge in [0, 0.05) is 12.6 Å². The summed E-state index contributed by atoms with van der Waals surface area (Å²) in [6.45, 7) is 4.27. The van der Waals surface area contributed by atoms with E-state index in [9.17, 15) is 8.42 Å². The van der Waals surface area contributed by atoms with Crippen LogP contribution >= 0.6 is 15.9 Å². The van der Waals surface area contributed by atoms with Crippen molar-refractivity contribution < 1.29 is 22.7 Å². The average Bonchev–Trinajstić information content (AvgIpc) is 2.70. The number of hydrogen-bond donors (Lipinski definition) is 1. The van der Waals surface area contributed by atoms with E-state index in [0.717, 1.165) is 0 Å². The van der Waals surface area contributed by atoms with Gasteiger partial charge in [0.1, 0.15) is 17.3 Å². The number of furan rings is 1. The molecule has 2 rings (SSSR count). The number of nitrogens with zero attached hydrogens (tertiary/aromatic N) is 1. The molecule has 0 spiro atoms. The van der Waals surface area contributed by atoms with Crippen LogP contribution in [0.25, 0.3) is 0 Å². The summed E-state index contributed by atoms with van der Waals surface area (Å²) < 4.78 is 37.3. The van der Waals surface area contributed by atoms with Crippen molar-refractivity contribution in [2.45, 2.75) is 30.9 Å². The lowest BCUT2D eigenvalue weighted by Gasteiger charge is -2.40. The van der Waals surface area contributed by atoms with Gasteiger partial charge in [0.25, 0.3) is 0 Å². The second-order valence-electron chi connectivity index (χ2n) is 4.95. The van der Waals surface area contributed by atoms with Gasteiger partial charge in [0.05, 0.1) is 18.8 Å². The van der Waals surface area contributed by atoms with Crippen molar-refractivity contribution in [1.82, 2.24) is 4.31 Å². The number of morpholine rings is 1. The minimum atomic E-state index is -3.69. The minimum Gasteiger partial charge on any atom is -0.450 e. The fourth-order valence-corrected chi connectivity index (χ4v) is 4.78. The van der Waals surface area contributed by atoms with Crippen molar-refractivity contribution in [1.29, 1.82) is 0 Å². The monoisotopic (exact) mass is 353 g/mol. The van der Waals surface area contributed by atoms with Crippen LogP contribution in [0.5, 0.6) is 0 Å². The van der Waals surface area contributed by atoms with Crippen molar-refractivity contribution in [3.63, 3.8) is 0 Å². The Labute approximate surface area is 120 Å². The quantitative estimate of drug-likeness (QED) is 0.886. The maximum absolute atomic E-state index is 12.7. The Morgan fingerprint density at radius 3 is 2.74 bits per heavy atom. The van der Waals surface area contributed by atoms with Crippen LogP contribution in [0.15, 0.2) is 20.0 Å². The van der Waals surface area contributed by atoms with E-state index in [2.05, 4.69) is 15.9 Å². The van der Waals surface area contributed by atoms with Gasteiger partial charge in [-0.25, -0.2) is 8.42 Å².